The minimum absolute atomic E-state index is 0.0950. The summed E-state index contributed by atoms with van der Waals surface area (Å²) >= 11 is 0. The number of rotatable bonds is 5. The van der Waals surface area contributed by atoms with Crippen LogP contribution in [0.2, 0.25) is 0 Å². The Morgan fingerprint density at radius 1 is 1.38 bits per heavy atom. The van der Waals surface area contributed by atoms with Gasteiger partial charge in [-0.1, -0.05) is 0 Å². The van der Waals surface area contributed by atoms with Crippen LogP contribution in [0.3, 0.4) is 0 Å². The molecular formula is C16H24N4O. The van der Waals surface area contributed by atoms with Crippen molar-refractivity contribution in [1.82, 2.24) is 10.3 Å². The quantitative estimate of drug-likeness (QED) is 0.870. The van der Waals surface area contributed by atoms with E-state index < -0.39 is 0 Å². The predicted molar refractivity (Wildman–Crippen MR) is 84.5 cm³/mol. The van der Waals surface area contributed by atoms with Crippen molar-refractivity contribution in [3.05, 3.63) is 18.3 Å². The van der Waals surface area contributed by atoms with E-state index in [9.17, 15) is 4.79 Å². The van der Waals surface area contributed by atoms with E-state index in [4.69, 9.17) is 0 Å². The molecule has 3 heterocycles. The topological polar surface area (TPSA) is 57.3 Å². The highest BCUT2D eigenvalue weighted by Crippen LogP contribution is 2.19. The van der Waals surface area contributed by atoms with Crippen LogP contribution in [0.4, 0.5) is 11.5 Å². The van der Waals surface area contributed by atoms with Crippen molar-refractivity contribution in [3.63, 3.8) is 0 Å². The third-order valence-electron chi connectivity index (χ3n) is 4.40. The molecule has 1 aromatic rings. The summed E-state index contributed by atoms with van der Waals surface area (Å²) in [6, 6.07) is 3.96. The highest BCUT2D eigenvalue weighted by Gasteiger charge is 2.16. The normalized spacial score (nSPS) is 21.7. The Morgan fingerprint density at radius 2 is 2.24 bits per heavy atom. The highest BCUT2D eigenvalue weighted by molar-refractivity contribution is 5.90. The van der Waals surface area contributed by atoms with E-state index in [1.807, 2.05) is 12.1 Å². The molecule has 0 spiro atoms. The van der Waals surface area contributed by atoms with Crippen LogP contribution in [0.1, 0.15) is 32.1 Å². The summed E-state index contributed by atoms with van der Waals surface area (Å²) in [6.45, 7) is 4.33. The molecule has 21 heavy (non-hydrogen) atoms. The predicted octanol–water partition coefficient (Wildman–Crippen LogP) is 2.01. The standard InChI is InChI=1S/C16H24N4O/c21-16(6-3-13-7-8-17-11-13)19-14-4-5-15(18-12-14)20-9-1-2-10-20/h4-5,12-13,17H,1-3,6-11H2,(H,19,21). The van der Waals surface area contributed by atoms with Gasteiger partial charge in [-0.15, -0.1) is 0 Å². The highest BCUT2D eigenvalue weighted by atomic mass is 16.1. The minimum Gasteiger partial charge on any atom is -0.357 e. The molecule has 2 aliphatic rings. The fourth-order valence-corrected chi connectivity index (χ4v) is 3.11. The van der Waals surface area contributed by atoms with Crippen LogP contribution in [0.5, 0.6) is 0 Å². The molecule has 114 valence electrons. The molecule has 1 unspecified atom stereocenters. The Hall–Kier alpha value is -1.62. The second kappa shape index (κ2) is 6.89. The van der Waals surface area contributed by atoms with Gasteiger partial charge in [0, 0.05) is 19.5 Å². The van der Waals surface area contributed by atoms with E-state index in [0.29, 0.717) is 12.3 Å². The molecule has 0 aromatic carbocycles. The maximum Gasteiger partial charge on any atom is 0.224 e. The van der Waals surface area contributed by atoms with Gasteiger partial charge in [-0.05, 0) is 56.8 Å². The molecule has 5 nitrogen and oxygen atoms in total. The first-order valence-electron chi connectivity index (χ1n) is 8.03. The van der Waals surface area contributed by atoms with Crippen molar-refractivity contribution in [2.24, 2.45) is 5.92 Å². The van der Waals surface area contributed by atoms with Crippen LogP contribution < -0.4 is 15.5 Å². The van der Waals surface area contributed by atoms with E-state index >= 15 is 0 Å². The lowest BCUT2D eigenvalue weighted by Gasteiger charge is -2.16. The number of hydrogen-bond donors (Lipinski definition) is 2. The number of anilines is 2. The number of nitrogens with zero attached hydrogens (tertiary/aromatic N) is 2. The van der Waals surface area contributed by atoms with E-state index in [-0.39, 0.29) is 5.91 Å². The van der Waals surface area contributed by atoms with E-state index in [1.165, 1.54) is 19.3 Å². The van der Waals surface area contributed by atoms with Crippen LogP contribution in [0, 0.1) is 5.92 Å². The van der Waals surface area contributed by atoms with E-state index in [1.54, 1.807) is 6.20 Å². The Kier molecular flexibility index (Phi) is 4.70. The Bertz CT molecular complexity index is 462. The number of hydrogen-bond acceptors (Lipinski definition) is 4. The first kappa shape index (κ1) is 14.3. The lowest BCUT2D eigenvalue weighted by atomic mass is 10.0. The number of amides is 1. The number of aromatic nitrogens is 1. The average molecular weight is 288 g/mol. The SMILES string of the molecule is O=C(CCC1CCNC1)Nc1ccc(N2CCCC2)nc1. The summed E-state index contributed by atoms with van der Waals surface area (Å²) in [5.41, 5.74) is 0.799. The van der Waals surface area contributed by atoms with Gasteiger partial charge in [0.05, 0.1) is 11.9 Å². The smallest absolute Gasteiger partial charge is 0.224 e. The van der Waals surface area contributed by atoms with Crippen molar-refractivity contribution in [2.45, 2.75) is 32.1 Å². The van der Waals surface area contributed by atoms with Crippen LogP contribution in [-0.2, 0) is 4.79 Å². The molecule has 5 heteroatoms. The van der Waals surface area contributed by atoms with Gasteiger partial charge in [0.1, 0.15) is 5.82 Å². The third-order valence-corrected chi connectivity index (χ3v) is 4.40. The Labute approximate surface area is 126 Å². The van der Waals surface area contributed by atoms with Gasteiger partial charge in [-0.25, -0.2) is 4.98 Å². The summed E-state index contributed by atoms with van der Waals surface area (Å²) in [4.78, 5) is 18.7. The van der Waals surface area contributed by atoms with E-state index in [2.05, 4.69) is 20.5 Å². The molecule has 2 aliphatic heterocycles. The molecule has 2 saturated heterocycles. The van der Waals surface area contributed by atoms with Crippen LogP contribution >= 0.6 is 0 Å². The molecule has 1 aromatic heterocycles. The first-order chi connectivity index (χ1) is 10.3. The summed E-state index contributed by atoms with van der Waals surface area (Å²) in [7, 11) is 0. The molecule has 2 fully saturated rings. The summed E-state index contributed by atoms with van der Waals surface area (Å²) in [6.07, 6.45) is 7.02. The summed E-state index contributed by atoms with van der Waals surface area (Å²) in [5, 5.41) is 6.28. The zero-order chi connectivity index (χ0) is 14.5. The fourth-order valence-electron chi connectivity index (χ4n) is 3.11. The maximum absolute atomic E-state index is 11.9. The van der Waals surface area contributed by atoms with Gasteiger partial charge in [0.2, 0.25) is 5.91 Å². The second-order valence-corrected chi connectivity index (χ2v) is 6.04. The van der Waals surface area contributed by atoms with Gasteiger partial charge in [0.15, 0.2) is 0 Å². The van der Waals surface area contributed by atoms with Crippen LogP contribution in [-0.4, -0.2) is 37.1 Å². The molecule has 0 radical (unpaired) electrons. The Balaban J connectivity index is 1.46. The monoisotopic (exact) mass is 288 g/mol. The second-order valence-electron chi connectivity index (χ2n) is 6.04. The number of carbonyl (C=O) groups excluding carboxylic acids is 1. The third kappa shape index (κ3) is 3.94. The van der Waals surface area contributed by atoms with Gasteiger partial charge in [-0.2, -0.15) is 0 Å². The van der Waals surface area contributed by atoms with Crippen molar-refractivity contribution < 1.29 is 4.79 Å². The molecule has 2 N–H and O–H groups in total. The summed E-state index contributed by atoms with van der Waals surface area (Å²) < 4.78 is 0. The maximum atomic E-state index is 11.9. The largest absolute Gasteiger partial charge is 0.357 e. The van der Waals surface area contributed by atoms with Gasteiger partial charge in [0.25, 0.3) is 0 Å². The zero-order valence-corrected chi connectivity index (χ0v) is 12.5. The molecule has 1 atom stereocenters. The molecule has 0 aliphatic carbocycles. The number of pyridine rings is 1. The number of carbonyl (C=O) groups is 1. The average Bonchev–Trinajstić information content (AvgIpc) is 3.19. The lowest BCUT2D eigenvalue weighted by Crippen LogP contribution is -2.19. The van der Waals surface area contributed by atoms with Crippen molar-refractivity contribution in [3.8, 4) is 0 Å². The molecule has 3 rings (SSSR count). The first-order valence-corrected chi connectivity index (χ1v) is 8.03. The van der Waals surface area contributed by atoms with Crippen molar-refractivity contribution >= 4 is 17.4 Å². The fraction of sp³-hybridized carbons (Fsp3) is 0.625. The van der Waals surface area contributed by atoms with Crippen molar-refractivity contribution in [2.75, 3.05) is 36.4 Å². The van der Waals surface area contributed by atoms with E-state index in [0.717, 1.165) is 44.1 Å². The molecular weight excluding hydrogens is 264 g/mol. The van der Waals surface area contributed by atoms with Crippen molar-refractivity contribution in [1.29, 1.82) is 0 Å². The minimum atomic E-state index is 0.0950. The summed E-state index contributed by atoms with van der Waals surface area (Å²) in [5.74, 6) is 1.77. The van der Waals surface area contributed by atoms with Crippen LogP contribution in [0.25, 0.3) is 0 Å². The lowest BCUT2D eigenvalue weighted by molar-refractivity contribution is -0.116. The van der Waals surface area contributed by atoms with Gasteiger partial charge in [-0.3, -0.25) is 4.79 Å². The molecule has 0 bridgehead atoms. The molecule has 0 saturated carbocycles. The molecule has 1 amide bonds. The van der Waals surface area contributed by atoms with Gasteiger partial charge < -0.3 is 15.5 Å². The number of nitrogens with one attached hydrogen (secondary N) is 2. The zero-order valence-electron chi connectivity index (χ0n) is 12.5. The Morgan fingerprint density at radius 3 is 2.90 bits per heavy atom. The van der Waals surface area contributed by atoms with Crippen LogP contribution in [0.15, 0.2) is 18.3 Å². The van der Waals surface area contributed by atoms with Gasteiger partial charge >= 0.3 is 0 Å².